The van der Waals surface area contributed by atoms with Crippen LogP contribution in [0.15, 0.2) is 77.3 Å². The second kappa shape index (κ2) is 10.7. The fourth-order valence-electron chi connectivity index (χ4n) is 6.05. The van der Waals surface area contributed by atoms with Crippen molar-refractivity contribution in [1.82, 2.24) is 0 Å². The van der Waals surface area contributed by atoms with Crippen LogP contribution in [-0.2, 0) is 11.4 Å². The van der Waals surface area contributed by atoms with Gasteiger partial charge in [0, 0.05) is 28.4 Å². The number of anilines is 1. The molecule has 5 rings (SSSR count). The van der Waals surface area contributed by atoms with Crippen LogP contribution in [0, 0.1) is 43.3 Å². The Morgan fingerprint density at radius 3 is 2.46 bits per heavy atom. The fourth-order valence-corrected chi connectivity index (χ4v) is 6.28. The maximum absolute atomic E-state index is 13.9. The van der Waals surface area contributed by atoms with Crippen molar-refractivity contribution < 1.29 is 13.9 Å². The van der Waals surface area contributed by atoms with Gasteiger partial charge in [0.2, 0.25) is 0 Å². The topological polar surface area (TPSA) is 79.3 Å². The molecule has 0 radical (unpaired) electrons. The molecule has 0 amide bonds. The highest BCUT2D eigenvalue weighted by molar-refractivity contribution is 6.30. The number of nitrogens with zero attached hydrogens (tertiary/aromatic N) is 2. The Bertz CT molecular complexity index is 1660. The third-order valence-electron chi connectivity index (χ3n) is 8.00. The lowest BCUT2D eigenvalue weighted by molar-refractivity contribution is -0.118. The van der Waals surface area contributed by atoms with E-state index in [1.54, 1.807) is 23.1 Å². The van der Waals surface area contributed by atoms with E-state index in [4.69, 9.17) is 22.1 Å². The zero-order chi connectivity index (χ0) is 29.6. The molecule has 0 saturated carbocycles. The van der Waals surface area contributed by atoms with Gasteiger partial charge < -0.3 is 10.5 Å². The minimum Gasteiger partial charge on any atom is -0.489 e. The summed E-state index contributed by atoms with van der Waals surface area (Å²) in [6, 6.07) is 17.9. The Morgan fingerprint density at radius 1 is 1.10 bits per heavy atom. The third kappa shape index (κ3) is 5.35. The Kier molecular flexibility index (Phi) is 7.44. The van der Waals surface area contributed by atoms with Crippen LogP contribution < -0.4 is 15.4 Å². The molecule has 2 N–H and O–H groups in total. The molecule has 1 heterocycles. The molecule has 0 aromatic heterocycles. The zero-order valence-corrected chi connectivity index (χ0v) is 24.7. The molecule has 3 aromatic carbocycles. The quantitative estimate of drug-likeness (QED) is 0.337. The molecule has 0 spiro atoms. The number of nitrogens with two attached hydrogens (primary N) is 1. The van der Waals surface area contributed by atoms with Gasteiger partial charge in [-0.2, -0.15) is 5.26 Å². The zero-order valence-electron chi connectivity index (χ0n) is 23.9. The van der Waals surface area contributed by atoms with Gasteiger partial charge >= 0.3 is 0 Å². The third-order valence-corrected chi connectivity index (χ3v) is 8.23. The lowest BCUT2D eigenvalue weighted by atomic mass is 9.68. The maximum atomic E-state index is 13.9. The molecule has 210 valence electrons. The average Bonchev–Trinajstić information content (AvgIpc) is 2.89. The molecule has 1 unspecified atom stereocenters. The summed E-state index contributed by atoms with van der Waals surface area (Å²) in [4.78, 5) is 15.7. The van der Waals surface area contributed by atoms with E-state index in [0.29, 0.717) is 41.3 Å². The van der Waals surface area contributed by atoms with E-state index >= 15 is 0 Å². The molecule has 1 atom stereocenters. The van der Waals surface area contributed by atoms with Gasteiger partial charge in [-0.25, -0.2) is 4.39 Å². The number of Topliss-reactive ketones (excluding diaryl/α,β-unsaturated/α-hetero) is 1. The molecule has 1 aliphatic heterocycles. The van der Waals surface area contributed by atoms with E-state index in [2.05, 4.69) is 26.0 Å². The van der Waals surface area contributed by atoms with Crippen LogP contribution in [0.2, 0.25) is 5.02 Å². The highest BCUT2D eigenvalue weighted by Crippen LogP contribution is 2.51. The number of aryl methyl sites for hydroxylation is 2. The standard InChI is InChI=1S/C34H33ClFN3O2/c1-19-12-22(18-41-30-11-6-23(35)14-20(30)2)21(3)26(13-19)31-27(17-37)33(38)39(25-9-7-24(36)8-10-25)28-15-34(4,5)16-29(40)32(28)31/h6-14,31H,15-16,18,38H2,1-5H3. The average molecular weight is 570 g/mol. The number of hydrogen-bond donors (Lipinski definition) is 1. The Morgan fingerprint density at radius 2 is 1.80 bits per heavy atom. The Hall–Kier alpha value is -4.08. The number of halogens is 2. The SMILES string of the molecule is Cc1cc(COc2ccc(Cl)cc2C)c(C)c(C2C(C#N)=C(N)N(c3ccc(F)cc3)C3=C2C(=O)CC(C)(C)C3)c1. The Labute approximate surface area is 245 Å². The molecule has 5 nitrogen and oxygen atoms in total. The van der Waals surface area contributed by atoms with Crippen molar-refractivity contribution in [3.63, 3.8) is 0 Å². The molecule has 3 aromatic rings. The minimum absolute atomic E-state index is 0.0101. The molecule has 1 aliphatic carbocycles. The Balaban J connectivity index is 1.66. The number of carbonyl (C=O) groups is 1. The number of carbonyl (C=O) groups excluding carboxylic acids is 1. The summed E-state index contributed by atoms with van der Waals surface area (Å²) in [5, 5.41) is 11.1. The second-order valence-electron chi connectivity index (χ2n) is 11.8. The summed E-state index contributed by atoms with van der Waals surface area (Å²) >= 11 is 6.12. The largest absolute Gasteiger partial charge is 0.489 e. The van der Waals surface area contributed by atoms with Crippen LogP contribution in [0.3, 0.4) is 0 Å². The number of hydrogen-bond acceptors (Lipinski definition) is 5. The first-order chi connectivity index (χ1) is 19.4. The van der Waals surface area contributed by atoms with E-state index in [-0.39, 0.29) is 22.8 Å². The molecular weight excluding hydrogens is 537 g/mol. The highest BCUT2D eigenvalue weighted by atomic mass is 35.5. The van der Waals surface area contributed by atoms with Gasteiger partial charge in [-0.15, -0.1) is 0 Å². The van der Waals surface area contributed by atoms with Crippen LogP contribution >= 0.6 is 11.6 Å². The summed E-state index contributed by atoms with van der Waals surface area (Å²) < 4.78 is 20.0. The molecule has 2 aliphatic rings. The minimum atomic E-state index is -0.619. The first kappa shape index (κ1) is 28.4. The summed E-state index contributed by atoms with van der Waals surface area (Å²) in [5.41, 5.74) is 13.4. The van der Waals surface area contributed by atoms with Gasteiger partial charge in [0.25, 0.3) is 0 Å². The molecule has 0 saturated heterocycles. The second-order valence-corrected chi connectivity index (χ2v) is 12.2. The first-order valence-corrected chi connectivity index (χ1v) is 14.0. The molecule has 41 heavy (non-hydrogen) atoms. The lowest BCUT2D eigenvalue weighted by Gasteiger charge is -2.44. The van der Waals surface area contributed by atoms with Crippen LogP contribution in [0.25, 0.3) is 0 Å². The van der Waals surface area contributed by atoms with Crippen LogP contribution in [0.1, 0.15) is 60.4 Å². The summed E-state index contributed by atoms with van der Waals surface area (Å²) in [6.45, 7) is 10.4. The number of nitriles is 1. The van der Waals surface area contributed by atoms with Gasteiger partial charge in [-0.05, 0) is 97.3 Å². The van der Waals surface area contributed by atoms with Gasteiger partial charge in [0.15, 0.2) is 5.78 Å². The number of allylic oxidation sites excluding steroid dienone is 3. The highest BCUT2D eigenvalue weighted by Gasteiger charge is 2.45. The van der Waals surface area contributed by atoms with Gasteiger partial charge in [0.1, 0.15) is 24.0 Å². The fraction of sp³-hybridized carbons (Fsp3) is 0.294. The predicted octanol–water partition coefficient (Wildman–Crippen LogP) is 7.92. The van der Waals surface area contributed by atoms with Crippen LogP contribution in [0.4, 0.5) is 10.1 Å². The van der Waals surface area contributed by atoms with E-state index in [1.165, 1.54) is 12.1 Å². The molecule has 0 bridgehead atoms. The van der Waals surface area contributed by atoms with Crippen molar-refractivity contribution >= 4 is 23.1 Å². The molecular formula is C34H33ClFN3O2. The predicted molar refractivity (Wildman–Crippen MR) is 160 cm³/mol. The monoisotopic (exact) mass is 569 g/mol. The lowest BCUT2D eigenvalue weighted by Crippen LogP contribution is -2.42. The summed E-state index contributed by atoms with van der Waals surface area (Å²) in [7, 11) is 0. The normalized spacial score (nSPS) is 18.3. The number of benzene rings is 3. The van der Waals surface area contributed by atoms with Crippen molar-refractivity contribution in [2.45, 2.75) is 60.0 Å². The number of ketones is 1. The van der Waals surface area contributed by atoms with Crippen molar-refractivity contribution in [2.75, 3.05) is 4.90 Å². The summed E-state index contributed by atoms with van der Waals surface area (Å²) in [6.07, 6.45) is 0.937. The number of ether oxygens (including phenoxy) is 1. The van der Waals surface area contributed by atoms with Crippen molar-refractivity contribution in [1.29, 1.82) is 5.26 Å². The maximum Gasteiger partial charge on any atom is 0.162 e. The molecule has 0 fully saturated rings. The van der Waals surface area contributed by atoms with Gasteiger partial charge in [-0.3, -0.25) is 9.69 Å². The first-order valence-electron chi connectivity index (χ1n) is 13.6. The number of rotatable bonds is 5. The van der Waals surface area contributed by atoms with E-state index in [0.717, 1.165) is 39.3 Å². The van der Waals surface area contributed by atoms with Crippen molar-refractivity contribution in [3.8, 4) is 11.8 Å². The van der Waals surface area contributed by atoms with E-state index in [1.807, 2.05) is 39.0 Å². The van der Waals surface area contributed by atoms with Crippen molar-refractivity contribution in [3.05, 3.63) is 116 Å². The summed E-state index contributed by atoms with van der Waals surface area (Å²) in [5.74, 6) is -0.0138. The van der Waals surface area contributed by atoms with E-state index < -0.39 is 5.92 Å². The van der Waals surface area contributed by atoms with Crippen molar-refractivity contribution in [2.24, 2.45) is 11.1 Å². The van der Waals surface area contributed by atoms with Crippen LogP contribution in [0.5, 0.6) is 5.75 Å². The van der Waals surface area contributed by atoms with Gasteiger partial charge in [-0.1, -0.05) is 43.1 Å². The smallest absolute Gasteiger partial charge is 0.162 e. The van der Waals surface area contributed by atoms with Gasteiger partial charge in [0.05, 0.1) is 17.6 Å². The molecule has 7 heteroatoms. The van der Waals surface area contributed by atoms with Crippen LogP contribution in [-0.4, -0.2) is 5.78 Å². The van der Waals surface area contributed by atoms with E-state index in [9.17, 15) is 14.4 Å².